The summed E-state index contributed by atoms with van der Waals surface area (Å²) in [6.45, 7) is 4.91. The van der Waals surface area contributed by atoms with Crippen LogP contribution in [-0.2, 0) is 0 Å². The van der Waals surface area contributed by atoms with E-state index in [-0.39, 0.29) is 5.56 Å². The summed E-state index contributed by atoms with van der Waals surface area (Å²) < 4.78 is 26.5. The van der Waals surface area contributed by atoms with Gasteiger partial charge in [0.25, 0.3) is 5.91 Å². The van der Waals surface area contributed by atoms with Gasteiger partial charge in [-0.15, -0.1) is 0 Å². The summed E-state index contributed by atoms with van der Waals surface area (Å²) in [6.07, 6.45) is 1.81. The third-order valence-corrected chi connectivity index (χ3v) is 2.63. The van der Waals surface area contributed by atoms with Crippen LogP contribution in [0.2, 0.25) is 0 Å². The van der Waals surface area contributed by atoms with Gasteiger partial charge < -0.3 is 4.90 Å². The van der Waals surface area contributed by atoms with Crippen LogP contribution in [0.25, 0.3) is 0 Å². The Morgan fingerprint density at radius 3 is 2.59 bits per heavy atom. The first kappa shape index (κ1) is 13.6. The lowest BCUT2D eigenvalue weighted by Gasteiger charge is -2.20. The Morgan fingerprint density at radius 2 is 2.00 bits per heavy atom. The van der Waals surface area contributed by atoms with Crippen molar-refractivity contribution in [2.45, 2.75) is 26.7 Å². The second-order valence-corrected chi connectivity index (χ2v) is 3.84. The van der Waals surface area contributed by atoms with Crippen LogP contribution in [0.3, 0.4) is 0 Å². The van der Waals surface area contributed by atoms with Crippen LogP contribution in [-0.4, -0.2) is 23.9 Å². The topological polar surface area (TPSA) is 20.3 Å². The Labute approximate surface area is 100 Å². The van der Waals surface area contributed by atoms with E-state index in [0.29, 0.717) is 13.1 Å². The third-order valence-electron chi connectivity index (χ3n) is 2.63. The van der Waals surface area contributed by atoms with Crippen molar-refractivity contribution in [3.05, 3.63) is 35.4 Å². The number of carbonyl (C=O) groups excluding carboxylic acids is 1. The number of hydrogen-bond acceptors (Lipinski definition) is 1. The summed E-state index contributed by atoms with van der Waals surface area (Å²) in [6, 6.07) is 3.67. The largest absolute Gasteiger partial charge is 0.339 e. The van der Waals surface area contributed by atoms with Gasteiger partial charge in [0.05, 0.1) is 5.56 Å². The molecule has 0 unspecified atom stereocenters. The molecule has 0 aliphatic heterocycles. The summed E-state index contributed by atoms with van der Waals surface area (Å²) in [7, 11) is 0. The molecule has 1 amide bonds. The molecule has 0 heterocycles. The highest BCUT2D eigenvalue weighted by Gasteiger charge is 2.19. The minimum absolute atomic E-state index is 0.192. The second-order valence-electron chi connectivity index (χ2n) is 3.84. The van der Waals surface area contributed by atoms with Gasteiger partial charge in [-0.2, -0.15) is 0 Å². The van der Waals surface area contributed by atoms with Gasteiger partial charge in [-0.05, 0) is 25.5 Å². The smallest absolute Gasteiger partial charge is 0.256 e. The summed E-state index contributed by atoms with van der Waals surface area (Å²) in [5, 5.41) is 0. The minimum atomic E-state index is -1.06. The lowest BCUT2D eigenvalue weighted by Crippen LogP contribution is -2.32. The molecule has 0 aliphatic carbocycles. The lowest BCUT2D eigenvalue weighted by atomic mass is 10.1. The molecule has 0 aromatic heterocycles. The number of carbonyl (C=O) groups is 1. The summed E-state index contributed by atoms with van der Waals surface area (Å²) in [4.78, 5) is 13.5. The number of amides is 1. The summed E-state index contributed by atoms with van der Waals surface area (Å²) in [5.41, 5.74) is -0.192. The molecule has 0 fully saturated rings. The average molecular weight is 241 g/mol. The zero-order chi connectivity index (χ0) is 12.8. The van der Waals surface area contributed by atoms with E-state index in [1.165, 1.54) is 17.0 Å². The molecule has 1 aromatic rings. The molecule has 17 heavy (non-hydrogen) atoms. The number of nitrogens with zero attached hydrogens (tertiary/aromatic N) is 1. The SMILES string of the molecule is CCCCN(CC)C(=O)c1cccc(F)c1F. The van der Waals surface area contributed by atoms with Crippen molar-refractivity contribution in [1.82, 2.24) is 4.90 Å². The van der Waals surface area contributed by atoms with Crippen LogP contribution < -0.4 is 0 Å². The molecule has 4 heteroatoms. The van der Waals surface area contributed by atoms with Crippen molar-refractivity contribution in [1.29, 1.82) is 0 Å². The Hall–Kier alpha value is -1.45. The molecular formula is C13H17F2NO. The van der Waals surface area contributed by atoms with Gasteiger partial charge >= 0.3 is 0 Å². The van der Waals surface area contributed by atoms with Crippen LogP contribution >= 0.6 is 0 Å². The van der Waals surface area contributed by atoms with Crippen LogP contribution in [0.4, 0.5) is 8.78 Å². The lowest BCUT2D eigenvalue weighted by molar-refractivity contribution is 0.0756. The fourth-order valence-corrected chi connectivity index (χ4v) is 1.59. The van der Waals surface area contributed by atoms with E-state index in [9.17, 15) is 13.6 Å². The molecule has 0 N–H and O–H groups in total. The number of rotatable bonds is 5. The van der Waals surface area contributed by atoms with Crippen LogP contribution in [0.15, 0.2) is 18.2 Å². The van der Waals surface area contributed by atoms with E-state index in [4.69, 9.17) is 0 Å². The third kappa shape index (κ3) is 3.25. The van der Waals surface area contributed by atoms with Crippen molar-refractivity contribution in [2.24, 2.45) is 0 Å². The fourth-order valence-electron chi connectivity index (χ4n) is 1.59. The quantitative estimate of drug-likeness (QED) is 0.775. The fraction of sp³-hybridized carbons (Fsp3) is 0.462. The maximum atomic E-state index is 13.4. The molecule has 0 atom stereocenters. The monoisotopic (exact) mass is 241 g/mol. The molecular weight excluding hydrogens is 224 g/mol. The van der Waals surface area contributed by atoms with E-state index in [1.807, 2.05) is 13.8 Å². The van der Waals surface area contributed by atoms with E-state index in [1.54, 1.807) is 0 Å². The Kier molecular flexibility index (Phi) is 5.07. The van der Waals surface area contributed by atoms with Crippen LogP contribution in [0, 0.1) is 11.6 Å². The number of hydrogen-bond donors (Lipinski definition) is 0. The number of halogens is 2. The summed E-state index contributed by atoms with van der Waals surface area (Å²) >= 11 is 0. The highest BCUT2D eigenvalue weighted by molar-refractivity contribution is 5.94. The maximum absolute atomic E-state index is 13.4. The van der Waals surface area contributed by atoms with Gasteiger partial charge in [0.1, 0.15) is 0 Å². The van der Waals surface area contributed by atoms with Gasteiger partial charge in [0.15, 0.2) is 11.6 Å². The average Bonchev–Trinajstić information content (AvgIpc) is 2.33. The van der Waals surface area contributed by atoms with Crippen LogP contribution in [0.1, 0.15) is 37.0 Å². The standard InChI is InChI=1S/C13H17F2NO/c1-3-5-9-16(4-2)13(17)10-7-6-8-11(14)12(10)15/h6-8H,3-5,9H2,1-2H3. The van der Waals surface area contributed by atoms with Gasteiger partial charge in [-0.1, -0.05) is 19.4 Å². The predicted molar refractivity (Wildman–Crippen MR) is 62.8 cm³/mol. The molecule has 0 aliphatic rings. The Bertz CT molecular complexity index is 393. The molecule has 2 nitrogen and oxygen atoms in total. The predicted octanol–water partition coefficient (Wildman–Crippen LogP) is 3.23. The second kappa shape index (κ2) is 6.33. The zero-order valence-corrected chi connectivity index (χ0v) is 10.2. The molecule has 0 saturated carbocycles. The van der Waals surface area contributed by atoms with Gasteiger partial charge in [-0.25, -0.2) is 8.78 Å². The van der Waals surface area contributed by atoms with Crippen molar-refractivity contribution < 1.29 is 13.6 Å². The molecule has 1 rings (SSSR count). The van der Waals surface area contributed by atoms with E-state index in [0.717, 1.165) is 18.9 Å². The van der Waals surface area contributed by atoms with Crippen LogP contribution in [0.5, 0.6) is 0 Å². The van der Waals surface area contributed by atoms with Crippen molar-refractivity contribution >= 4 is 5.91 Å². The zero-order valence-electron chi connectivity index (χ0n) is 10.2. The molecule has 0 spiro atoms. The molecule has 94 valence electrons. The minimum Gasteiger partial charge on any atom is -0.339 e. The first-order valence-electron chi connectivity index (χ1n) is 5.85. The first-order valence-corrected chi connectivity index (χ1v) is 5.85. The molecule has 0 bridgehead atoms. The van der Waals surface area contributed by atoms with Crippen molar-refractivity contribution in [3.63, 3.8) is 0 Å². The van der Waals surface area contributed by atoms with E-state index < -0.39 is 17.5 Å². The highest BCUT2D eigenvalue weighted by Crippen LogP contribution is 2.14. The molecule has 0 radical (unpaired) electrons. The normalized spacial score (nSPS) is 10.4. The van der Waals surface area contributed by atoms with Crippen molar-refractivity contribution in [3.8, 4) is 0 Å². The highest BCUT2D eigenvalue weighted by atomic mass is 19.2. The first-order chi connectivity index (χ1) is 8.11. The summed E-state index contributed by atoms with van der Waals surface area (Å²) in [5.74, 6) is -2.49. The van der Waals surface area contributed by atoms with E-state index in [2.05, 4.69) is 0 Å². The Balaban J connectivity index is 2.90. The van der Waals surface area contributed by atoms with Gasteiger partial charge in [0.2, 0.25) is 0 Å². The van der Waals surface area contributed by atoms with Gasteiger partial charge in [-0.3, -0.25) is 4.79 Å². The van der Waals surface area contributed by atoms with E-state index >= 15 is 0 Å². The molecule has 0 saturated heterocycles. The number of unbranched alkanes of at least 4 members (excludes halogenated alkanes) is 1. The molecule has 1 aromatic carbocycles. The van der Waals surface area contributed by atoms with Gasteiger partial charge in [0, 0.05) is 13.1 Å². The number of benzene rings is 1. The van der Waals surface area contributed by atoms with Crippen molar-refractivity contribution in [2.75, 3.05) is 13.1 Å². The maximum Gasteiger partial charge on any atom is 0.256 e. The Morgan fingerprint density at radius 1 is 1.29 bits per heavy atom.